The molecular formula is C29H27FN2O3. The second-order valence-electron chi connectivity index (χ2n) is 8.85. The molecule has 0 aliphatic carbocycles. The molecule has 1 fully saturated rings. The zero-order valence-corrected chi connectivity index (χ0v) is 19.4. The number of fused-ring (bicyclic) bond motifs is 1. The van der Waals surface area contributed by atoms with Gasteiger partial charge in [-0.25, -0.2) is 4.39 Å². The van der Waals surface area contributed by atoms with E-state index < -0.39 is 0 Å². The molecule has 0 N–H and O–H groups in total. The van der Waals surface area contributed by atoms with E-state index in [1.807, 2.05) is 35.4 Å². The van der Waals surface area contributed by atoms with Crippen LogP contribution in [0.25, 0.3) is 10.8 Å². The van der Waals surface area contributed by atoms with Gasteiger partial charge in [-0.3, -0.25) is 9.78 Å². The van der Waals surface area contributed by atoms with E-state index >= 15 is 0 Å². The molecule has 35 heavy (non-hydrogen) atoms. The van der Waals surface area contributed by atoms with Crippen molar-refractivity contribution in [1.29, 1.82) is 0 Å². The van der Waals surface area contributed by atoms with Crippen molar-refractivity contribution in [1.82, 2.24) is 9.88 Å². The van der Waals surface area contributed by atoms with Gasteiger partial charge in [0.05, 0.1) is 13.2 Å². The zero-order valence-electron chi connectivity index (χ0n) is 19.4. The van der Waals surface area contributed by atoms with Gasteiger partial charge in [0.1, 0.15) is 18.2 Å². The van der Waals surface area contributed by atoms with E-state index in [9.17, 15) is 9.18 Å². The van der Waals surface area contributed by atoms with E-state index in [1.54, 1.807) is 24.4 Å². The number of rotatable bonds is 6. The molecule has 0 unspecified atom stereocenters. The fraction of sp³-hybridized carbons (Fsp3) is 0.241. The molecule has 2 heterocycles. The number of benzene rings is 3. The number of carbonyl (C=O) groups excluding carboxylic acids is 1. The predicted molar refractivity (Wildman–Crippen MR) is 133 cm³/mol. The molecule has 178 valence electrons. The summed E-state index contributed by atoms with van der Waals surface area (Å²) in [5, 5.41) is 2.31. The molecule has 0 spiro atoms. The summed E-state index contributed by atoms with van der Waals surface area (Å²) in [4.78, 5) is 19.6. The first-order valence-electron chi connectivity index (χ1n) is 11.8. The van der Waals surface area contributed by atoms with Crippen LogP contribution in [0.15, 0.2) is 85.2 Å². The first-order chi connectivity index (χ1) is 17.2. The lowest BCUT2D eigenvalue weighted by molar-refractivity contribution is 0.0737. The molecule has 6 heteroatoms. The Morgan fingerprint density at radius 1 is 1.09 bits per heavy atom. The van der Waals surface area contributed by atoms with Gasteiger partial charge in [-0.1, -0.05) is 36.4 Å². The average Bonchev–Trinajstić information content (AvgIpc) is 3.14. The second-order valence-corrected chi connectivity index (χ2v) is 8.85. The highest BCUT2D eigenvalue weighted by Crippen LogP contribution is 2.23. The van der Waals surface area contributed by atoms with Gasteiger partial charge >= 0.3 is 0 Å². The number of aromatic nitrogens is 1. The smallest absolute Gasteiger partial charge is 0.254 e. The summed E-state index contributed by atoms with van der Waals surface area (Å²) in [5.74, 6) is 0.474. The largest absolute Gasteiger partial charge is 0.489 e. The Balaban J connectivity index is 1.27. The highest BCUT2D eigenvalue weighted by Gasteiger charge is 2.24. The Labute approximate surface area is 204 Å². The standard InChI is InChI=1S/C29H27FN2O3/c30-26-9-7-21(8-10-26)20-35-27-6-2-5-25(16-27)29(33)32-13-14-34-19-22(18-32)15-24-4-1-3-23-11-12-31-17-28(23)24/h1-12,16-17,22H,13-15,18-20H2/t22-/m1/s1. The van der Waals surface area contributed by atoms with Crippen molar-refractivity contribution >= 4 is 16.7 Å². The first kappa shape index (κ1) is 23.0. The Kier molecular flexibility index (Phi) is 7.00. The Morgan fingerprint density at radius 3 is 2.83 bits per heavy atom. The molecule has 1 amide bonds. The first-order valence-corrected chi connectivity index (χ1v) is 11.8. The quantitative estimate of drug-likeness (QED) is 0.385. The molecule has 1 saturated heterocycles. The third-order valence-electron chi connectivity index (χ3n) is 6.31. The van der Waals surface area contributed by atoms with Crippen LogP contribution in [0.5, 0.6) is 5.75 Å². The SMILES string of the molecule is O=C(c1cccc(OCc2ccc(F)cc2)c1)N1CCOC[C@H](Cc2cccc3ccncc23)C1. The van der Waals surface area contributed by atoms with Crippen LogP contribution in [-0.2, 0) is 17.8 Å². The van der Waals surface area contributed by atoms with Gasteiger partial charge < -0.3 is 14.4 Å². The number of carbonyl (C=O) groups is 1. The van der Waals surface area contributed by atoms with Crippen molar-refractivity contribution in [3.63, 3.8) is 0 Å². The molecule has 5 nitrogen and oxygen atoms in total. The normalized spacial score (nSPS) is 16.1. The molecule has 0 radical (unpaired) electrons. The van der Waals surface area contributed by atoms with Gasteiger partial charge in [0.25, 0.3) is 5.91 Å². The summed E-state index contributed by atoms with van der Waals surface area (Å²) in [6.45, 7) is 2.60. The minimum atomic E-state index is -0.279. The number of hydrogen-bond acceptors (Lipinski definition) is 4. The fourth-order valence-electron chi connectivity index (χ4n) is 4.50. The van der Waals surface area contributed by atoms with E-state index in [1.165, 1.54) is 17.7 Å². The maximum atomic E-state index is 13.4. The Morgan fingerprint density at radius 2 is 1.94 bits per heavy atom. The summed E-state index contributed by atoms with van der Waals surface area (Å²) in [7, 11) is 0. The molecule has 4 aromatic rings. The highest BCUT2D eigenvalue weighted by molar-refractivity contribution is 5.94. The number of halogens is 1. The molecule has 3 aromatic carbocycles. The summed E-state index contributed by atoms with van der Waals surface area (Å²) >= 11 is 0. The lowest BCUT2D eigenvalue weighted by atomic mass is 9.95. The van der Waals surface area contributed by atoms with Gasteiger partial charge in [-0.05, 0) is 59.3 Å². The summed E-state index contributed by atoms with van der Waals surface area (Å²) in [6.07, 6.45) is 4.52. The van der Waals surface area contributed by atoms with Crippen LogP contribution < -0.4 is 4.74 Å². The molecule has 1 aliphatic heterocycles. The minimum Gasteiger partial charge on any atom is -0.489 e. The summed E-state index contributed by atoms with van der Waals surface area (Å²) < 4.78 is 24.8. The topological polar surface area (TPSA) is 51.7 Å². The molecule has 1 aliphatic rings. The van der Waals surface area contributed by atoms with Gasteiger partial charge in [-0.2, -0.15) is 0 Å². The third-order valence-corrected chi connectivity index (χ3v) is 6.31. The number of hydrogen-bond donors (Lipinski definition) is 0. The fourth-order valence-corrected chi connectivity index (χ4v) is 4.50. The highest BCUT2D eigenvalue weighted by atomic mass is 19.1. The van der Waals surface area contributed by atoms with Crippen LogP contribution in [0.2, 0.25) is 0 Å². The van der Waals surface area contributed by atoms with Gasteiger partial charge in [0.15, 0.2) is 0 Å². The number of amides is 1. The zero-order chi connectivity index (χ0) is 24.0. The molecule has 5 rings (SSSR count). The van der Waals surface area contributed by atoms with Crippen LogP contribution in [0, 0.1) is 11.7 Å². The van der Waals surface area contributed by atoms with Crippen molar-refractivity contribution in [2.45, 2.75) is 13.0 Å². The van der Waals surface area contributed by atoms with Crippen LogP contribution in [0.1, 0.15) is 21.5 Å². The summed E-state index contributed by atoms with van der Waals surface area (Å²) in [5.41, 5.74) is 2.66. The van der Waals surface area contributed by atoms with Crippen molar-refractivity contribution in [2.75, 3.05) is 26.3 Å². The van der Waals surface area contributed by atoms with Crippen LogP contribution in [0.4, 0.5) is 4.39 Å². The van der Waals surface area contributed by atoms with E-state index in [0.717, 1.165) is 22.8 Å². The maximum absolute atomic E-state index is 13.4. The third kappa shape index (κ3) is 5.66. The molecule has 1 atom stereocenters. The molecule has 0 saturated carbocycles. The average molecular weight is 471 g/mol. The van der Waals surface area contributed by atoms with Crippen LogP contribution >= 0.6 is 0 Å². The molecule has 1 aromatic heterocycles. The number of ether oxygens (including phenoxy) is 2. The van der Waals surface area contributed by atoms with Crippen molar-refractivity contribution in [2.24, 2.45) is 5.92 Å². The van der Waals surface area contributed by atoms with Crippen molar-refractivity contribution < 1.29 is 18.7 Å². The predicted octanol–water partition coefficient (Wildman–Crippen LogP) is 5.28. The summed E-state index contributed by atoms with van der Waals surface area (Å²) in [6, 6.07) is 21.7. The number of nitrogens with zero attached hydrogens (tertiary/aromatic N) is 2. The minimum absolute atomic E-state index is 0.0349. The van der Waals surface area contributed by atoms with Gasteiger partial charge in [0.2, 0.25) is 0 Å². The number of pyridine rings is 1. The van der Waals surface area contributed by atoms with Gasteiger partial charge in [0, 0.05) is 42.4 Å². The Bertz CT molecular complexity index is 1300. The lowest BCUT2D eigenvalue weighted by Gasteiger charge is -2.24. The molecular weight excluding hydrogens is 443 g/mol. The molecule has 0 bridgehead atoms. The van der Waals surface area contributed by atoms with Crippen LogP contribution in [0.3, 0.4) is 0 Å². The van der Waals surface area contributed by atoms with E-state index in [-0.39, 0.29) is 17.6 Å². The van der Waals surface area contributed by atoms with E-state index in [0.29, 0.717) is 44.2 Å². The Hall–Kier alpha value is -3.77. The van der Waals surface area contributed by atoms with E-state index in [4.69, 9.17) is 9.47 Å². The monoisotopic (exact) mass is 470 g/mol. The van der Waals surface area contributed by atoms with Crippen molar-refractivity contribution in [3.05, 3.63) is 108 Å². The van der Waals surface area contributed by atoms with Crippen LogP contribution in [-0.4, -0.2) is 42.1 Å². The van der Waals surface area contributed by atoms with Gasteiger partial charge in [-0.15, -0.1) is 0 Å². The second kappa shape index (κ2) is 10.7. The lowest BCUT2D eigenvalue weighted by Crippen LogP contribution is -2.36. The van der Waals surface area contributed by atoms with E-state index in [2.05, 4.69) is 23.2 Å². The van der Waals surface area contributed by atoms with Crippen molar-refractivity contribution in [3.8, 4) is 5.75 Å². The maximum Gasteiger partial charge on any atom is 0.254 e.